The van der Waals surface area contributed by atoms with E-state index in [2.05, 4.69) is 18.9 Å². The van der Waals surface area contributed by atoms with Crippen LogP contribution in [0.1, 0.15) is 0 Å². The molecule has 0 aromatic rings. The smallest absolute Gasteiger partial charge is 0.452 e. The number of hydrogen-bond acceptors (Lipinski definition) is 12. The second-order valence-corrected chi connectivity index (χ2v) is 1.94. The Bertz CT molecular complexity index is 349. The fraction of sp³-hybridized carbons (Fsp3) is 0. The van der Waals surface area contributed by atoms with E-state index in [0.717, 1.165) is 0 Å². The van der Waals surface area contributed by atoms with Crippen LogP contribution in [0.25, 0.3) is 0 Å². The Morgan fingerprint density at radius 2 is 0.857 bits per heavy atom. The molecule has 14 nitrogen and oxygen atoms in total. The van der Waals surface area contributed by atoms with Gasteiger partial charge in [0.1, 0.15) is 0 Å². The van der Waals surface area contributed by atoms with Crippen LogP contribution in [0.3, 0.4) is 0 Å². The van der Waals surface area contributed by atoms with E-state index >= 15 is 0 Å². The second-order valence-electron chi connectivity index (χ2n) is 1.94. The van der Waals surface area contributed by atoms with E-state index in [1.165, 1.54) is 0 Å². The third kappa shape index (κ3) is 22.8. The summed E-state index contributed by atoms with van der Waals surface area (Å²) in [6, 6.07) is 0. The van der Waals surface area contributed by atoms with Gasteiger partial charge in [-0.2, -0.15) is 0 Å². The van der Waals surface area contributed by atoms with Gasteiger partial charge < -0.3 is 49.0 Å². The number of ether oxygens (including phenoxy) is 4. The van der Waals surface area contributed by atoms with Crippen molar-refractivity contribution >= 4 is 60.0 Å². The summed E-state index contributed by atoms with van der Waals surface area (Å²) in [6.07, 6.45) is -12.0. The van der Waals surface area contributed by atoms with Gasteiger partial charge in [-0.15, -0.1) is 0 Å². The fourth-order valence-corrected chi connectivity index (χ4v) is 0.320. The third-order valence-electron chi connectivity index (χ3n) is 0.675. The Hall–Kier alpha value is -2.81. The van der Waals surface area contributed by atoms with Gasteiger partial charge in [0.15, 0.2) is 0 Å². The molecule has 0 rings (SSSR count). The van der Waals surface area contributed by atoms with Gasteiger partial charge in [-0.1, -0.05) is 0 Å². The molecule has 0 atom stereocenters. The number of hydrogen-bond donors (Lipinski definition) is 2. The molecule has 0 saturated carbocycles. The van der Waals surface area contributed by atoms with E-state index < -0.39 is 36.9 Å². The molecule has 0 fully saturated rings. The van der Waals surface area contributed by atoms with Crippen LogP contribution in [-0.2, 0) is 18.9 Å². The van der Waals surface area contributed by atoms with Crippen molar-refractivity contribution in [2.45, 2.75) is 0 Å². The van der Waals surface area contributed by atoms with E-state index in [-0.39, 0.29) is 23.1 Å². The summed E-state index contributed by atoms with van der Waals surface area (Å²) in [6.45, 7) is 0. The molecule has 0 unspecified atom stereocenters. The van der Waals surface area contributed by atoms with Crippen molar-refractivity contribution < 1.29 is 68.1 Å². The molecule has 0 spiro atoms. The first kappa shape index (κ1) is 23.3. The van der Waals surface area contributed by atoms with Crippen molar-refractivity contribution in [2.24, 2.45) is 0 Å². The van der Waals surface area contributed by atoms with Gasteiger partial charge in [0.25, 0.3) is 12.3 Å². The maximum Gasteiger partial charge on any atom is 2.00 e. The summed E-state index contributed by atoms with van der Waals surface area (Å²) in [7, 11) is 0. The van der Waals surface area contributed by atoms with Crippen molar-refractivity contribution in [3.05, 3.63) is 0 Å². The molecule has 0 aromatic carbocycles. The summed E-state index contributed by atoms with van der Waals surface area (Å²) in [5.41, 5.74) is 0. The van der Waals surface area contributed by atoms with Crippen LogP contribution in [0.5, 0.6) is 0 Å². The predicted molar refractivity (Wildman–Crippen MR) is 47.7 cm³/mol. The molecule has 0 aliphatic carbocycles. The minimum absolute atomic E-state index is 0. The molecule has 0 aromatic heterocycles. The third-order valence-corrected chi connectivity index (χ3v) is 0.675. The second kappa shape index (κ2) is 12.2. The first-order valence-electron chi connectivity index (χ1n) is 3.71. The van der Waals surface area contributed by atoms with Crippen LogP contribution in [0, 0.1) is 0 Å². The zero-order valence-corrected chi connectivity index (χ0v) is 10.9. The molecule has 0 heterocycles. The number of carboxylic acid groups (broad SMARTS) is 4. The Kier molecular flexibility index (Phi) is 13.6. The van der Waals surface area contributed by atoms with E-state index in [1.54, 1.807) is 0 Å². The fourth-order valence-electron chi connectivity index (χ4n) is 0.320. The van der Waals surface area contributed by atoms with Crippen molar-refractivity contribution in [2.75, 3.05) is 0 Å². The predicted octanol–water partition coefficient (Wildman–Crippen LogP) is -2.06. The van der Waals surface area contributed by atoms with Crippen molar-refractivity contribution in [1.29, 1.82) is 0 Å². The number of rotatable bonds is 0. The standard InChI is InChI=1S/2C3H2O7.Mg/c2*4-1(5)9-3(8)10-2(6)7;/h2*(H,4,5)(H,6,7);/q;;+2/p-2. The normalized spacial score (nSPS) is 7.62. The Labute approximate surface area is 128 Å². The van der Waals surface area contributed by atoms with Crippen LogP contribution in [-0.4, -0.2) is 70.2 Å². The van der Waals surface area contributed by atoms with Crippen molar-refractivity contribution in [3.63, 3.8) is 0 Å². The average Bonchev–Trinajstić information content (AvgIpc) is 2.11. The maximum absolute atomic E-state index is 9.82. The molecule has 2 N–H and O–H groups in total. The molecule has 21 heavy (non-hydrogen) atoms. The minimum Gasteiger partial charge on any atom is -0.452 e. The van der Waals surface area contributed by atoms with Crippen LogP contribution in [0.4, 0.5) is 28.8 Å². The molecular formula is C6H2MgO14. The van der Waals surface area contributed by atoms with Gasteiger partial charge in [-0.05, 0) is 0 Å². The van der Waals surface area contributed by atoms with Crippen LogP contribution < -0.4 is 10.2 Å². The molecule has 112 valence electrons. The Morgan fingerprint density at radius 3 is 1.00 bits per heavy atom. The zero-order chi connectivity index (χ0) is 16.3. The van der Waals surface area contributed by atoms with Gasteiger partial charge in [0.2, 0.25) is 0 Å². The molecule has 0 radical (unpaired) electrons. The minimum atomic E-state index is -2.17. The molecule has 0 bridgehead atoms. The number of carbonyl (C=O) groups excluding carboxylic acids is 4. The van der Waals surface area contributed by atoms with Gasteiger partial charge in [-0.25, -0.2) is 19.2 Å². The average molecular weight is 322 g/mol. The molecular weight excluding hydrogens is 320 g/mol. The van der Waals surface area contributed by atoms with Gasteiger partial charge in [0.05, 0.1) is 0 Å². The van der Waals surface area contributed by atoms with E-state index in [4.69, 9.17) is 10.2 Å². The van der Waals surface area contributed by atoms with Crippen LogP contribution in [0.2, 0.25) is 0 Å². The molecule has 0 saturated heterocycles. The summed E-state index contributed by atoms with van der Waals surface area (Å²) in [4.78, 5) is 57.3. The van der Waals surface area contributed by atoms with Gasteiger partial charge >= 0.3 is 47.7 Å². The SMILES string of the molecule is O=C([O-])OC(=O)OC(=O)O.O=C([O-])OC(=O)OC(=O)O.[Mg+2]. The first-order chi connectivity index (χ1) is 9.04. The zero-order valence-electron chi connectivity index (χ0n) is 9.50. The molecule has 0 aliphatic rings. The van der Waals surface area contributed by atoms with Crippen LogP contribution in [0.15, 0.2) is 0 Å². The van der Waals surface area contributed by atoms with E-state index in [9.17, 15) is 39.0 Å². The largest absolute Gasteiger partial charge is 2.00 e. The Morgan fingerprint density at radius 1 is 0.619 bits per heavy atom. The van der Waals surface area contributed by atoms with Crippen molar-refractivity contribution in [1.82, 2.24) is 0 Å². The molecule has 0 aliphatic heterocycles. The maximum atomic E-state index is 9.82. The summed E-state index contributed by atoms with van der Waals surface area (Å²) in [5, 5.41) is 34.0. The molecule has 0 amide bonds. The van der Waals surface area contributed by atoms with E-state index in [0.29, 0.717) is 0 Å². The van der Waals surface area contributed by atoms with E-state index in [1.807, 2.05) is 0 Å². The Balaban J connectivity index is -0.000000295. The van der Waals surface area contributed by atoms with Crippen molar-refractivity contribution in [3.8, 4) is 0 Å². The number of carbonyl (C=O) groups is 6. The van der Waals surface area contributed by atoms with Gasteiger partial charge in [0, 0.05) is 0 Å². The summed E-state index contributed by atoms with van der Waals surface area (Å²) in [5.74, 6) is 0. The quantitative estimate of drug-likeness (QED) is 0.277. The topological polar surface area (TPSA) is 226 Å². The molecule has 15 heteroatoms. The first-order valence-corrected chi connectivity index (χ1v) is 3.71. The summed E-state index contributed by atoms with van der Waals surface area (Å²) >= 11 is 0. The van der Waals surface area contributed by atoms with Crippen LogP contribution >= 0.6 is 0 Å². The van der Waals surface area contributed by atoms with Gasteiger partial charge in [-0.3, -0.25) is 0 Å². The monoisotopic (exact) mass is 322 g/mol. The summed E-state index contributed by atoms with van der Waals surface area (Å²) < 4.78 is 12.6.